The highest BCUT2D eigenvalue weighted by molar-refractivity contribution is 7.99. The van der Waals surface area contributed by atoms with E-state index in [1.165, 1.54) is 11.8 Å². The fourth-order valence-electron chi connectivity index (χ4n) is 1.36. The summed E-state index contributed by atoms with van der Waals surface area (Å²) in [4.78, 5) is 0. The highest BCUT2D eigenvalue weighted by Crippen LogP contribution is 2.16. The van der Waals surface area contributed by atoms with Crippen molar-refractivity contribution >= 4 is 11.8 Å². The van der Waals surface area contributed by atoms with Crippen LogP contribution >= 0.6 is 11.8 Å². The zero-order valence-corrected chi connectivity index (χ0v) is 10.7. The summed E-state index contributed by atoms with van der Waals surface area (Å²) in [7, 11) is 1.86. The summed E-state index contributed by atoms with van der Waals surface area (Å²) in [5.74, 6) is 1.90. The average molecular weight is 260 g/mol. The van der Waals surface area contributed by atoms with E-state index in [9.17, 15) is 0 Å². The third kappa shape index (κ3) is 3.02. The van der Waals surface area contributed by atoms with Gasteiger partial charge in [0.05, 0.1) is 11.8 Å². The van der Waals surface area contributed by atoms with Gasteiger partial charge in [-0.3, -0.25) is 0 Å². The average Bonchev–Trinajstić information content (AvgIpc) is 2.76. The van der Waals surface area contributed by atoms with Crippen molar-refractivity contribution in [3.05, 3.63) is 36.2 Å². The van der Waals surface area contributed by atoms with Crippen LogP contribution in [0.2, 0.25) is 0 Å². The molecule has 1 aromatic carbocycles. The first kappa shape index (κ1) is 12.5. The van der Waals surface area contributed by atoms with Crippen LogP contribution in [-0.4, -0.2) is 20.5 Å². The lowest BCUT2D eigenvalue weighted by Crippen LogP contribution is -2.04. The van der Waals surface area contributed by atoms with Crippen LogP contribution in [0.1, 0.15) is 5.82 Å². The second kappa shape index (κ2) is 6.07. The van der Waals surface area contributed by atoms with Crippen molar-refractivity contribution in [3.63, 3.8) is 0 Å². The fraction of sp³-hybridized carbons (Fsp3) is 0.250. The third-order valence-electron chi connectivity index (χ3n) is 2.30. The van der Waals surface area contributed by atoms with Crippen molar-refractivity contribution in [2.45, 2.75) is 11.8 Å². The lowest BCUT2D eigenvalue weighted by molar-refractivity contribution is 0.290. The summed E-state index contributed by atoms with van der Waals surface area (Å²) in [6, 6.07) is 11.6. The predicted octanol–water partition coefficient (Wildman–Crippen LogP) is 2.01. The van der Waals surface area contributed by atoms with Gasteiger partial charge >= 0.3 is 0 Å². The number of benzene rings is 1. The molecule has 0 saturated carbocycles. The van der Waals surface area contributed by atoms with E-state index in [0.29, 0.717) is 12.4 Å². The van der Waals surface area contributed by atoms with Crippen LogP contribution in [0.25, 0.3) is 0 Å². The number of para-hydroxylation sites is 1. The Morgan fingerprint density at radius 2 is 2.11 bits per heavy atom. The van der Waals surface area contributed by atoms with Gasteiger partial charge in [-0.05, 0) is 12.1 Å². The zero-order chi connectivity index (χ0) is 12.8. The number of nitriles is 1. The molecule has 0 unspecified atom stereocenters. The minimum atomic E-state index is 0.362. The minimum absolute atomic E-state index is 0.362. The molecule has 0 aliphatic carbocycles. The summed E-state index contributed by atoms with van der Waals surface area (Å²) >= 11 is 1.36. The molecule has 2 rings (SSSR count). The predicted molar refractivity (Wildman–Crippen MR) is 68.1 cm³/mol. The molecule has 1 heterocycles. The smallest absolute Gasteiger partial charge is 0.192 e. The van der Waals surface area contributed by atoms with E-state index in [0.717, 1.165) is 16.7 Å². The molecule has 0 radical (unpaired) electrons. The monoisotopic (exact) mass is 260 g/mol. The van der Waals surface area contributed by atoms with Gasteiger partial charge in [-0.1, -0.05) is 30.0 Å². The Balaban J connectivity index is 1.98. The number of thioether (sulfide) groups is 1. The van der Waals surface area contributed by atoms with E-state index in [1.54, 1.807) is 0 Å². The van der Waals surface area contributed by atoms with Crippen LogP contribution in [0, 0.1) is 11.3 Å². The van der Waals surface area contributed by atoms with E-state index in [-0.39, 0.29) is 0 Å². The van der Waals surface area contributed by atoms with Gasteiger partial charge in [0.25, 0.3) is 0 Å². The Bertz CT molecular complexity index is 547. The van der Waals surface area contributed by atoms with Crippen LogP contribution in [-0.2, 0) is 13.7 Å². The summed E-state index contributed by atoms with van der Waals surface area (Å²) in [5, 5.41) is 17.3. The van der Waals surface area contributed by atoms with Crippen LogP contribution in [0.5, 0.6) is 5.75 Å². The van der Waals surface area contributed by atoms with Crippen LogP contribution in [0.3, 0.4) is 0 Å². The Morgan fingerprint density at radius 3 is 2.83 bits per heavy atom. The van der Waals surface area contributed by atoms with Gasteiger partial charge in [-0.2, -0.15) is 5.26 Å². The van der Waals surface area contributed by atoms with E-state index in [1.807, 2.05) is 41.9 Å². The molecule has 0 bridgehead atoms. The molecule has 6 heteroatoms. The largest absolute Gasteiger partial charge is 0.486 e. The minimum Gasteiger partial charge on any atom is -0.486 e. The molecule has 0 fully saturated rings. The highest BCUT2D eigenvalue weighted by atomic mass is 32.2. The van der Waals surface area contributed by atoms with Crippen molar-refractivity contribution in [2.24, 2.45) is 7.05 Å². The second-order valence-electron chi connectivity index (χ2n) is 3.51. The number of hydrogen-bond donors (Lipinski definition) is 0. The third-order valence-corrected chi connectivity index (χ3v) is 3.19. The Hall–Kier alpha value is -2.00. The van der Waals surface area contributed by atoms with E-state index in [4.69, 9.17) is 10.00 Å². The number of hydrogen-bond acceptors (Lipinski definition) is 5. The zero-order valence-electron chi connectivity index (χ0n) is 9.91. The summed E-state index contributed by atoms with van der Waals surface area (Å²) in [5.41, 5.74) is 0. The molecule has 92 valence electrons. The first-order valence-corrected chi connectivity index (χ1v) is 6.35. The molecule has 0 N–H and O–H groups in total. The topological polar surface area (TPSA) is 63.7 Å². The standard InChI is InChI=1S/C12H12N4OS/c1-16-11(14-15-12(16)18-8-7-13)9-17-10-5-3-2-4-6-10/h2-6H,8-9H2,1H3. The summed E-state index contributed by atoms with van der Waals surface area (Å²) in [6.45, 7) is 0.362. The second-order valence-corrected chi connectivity index (χ2v) is 4.45. The lowest BCUT2D eigenvalue weighted by atomic mass is 10.3. The highest BCUT2D eigenvalue weighted by Gasteiger charge is 2.09. The molecule has 18 heavy (non-hydrogen) atoms. The molecule has 5 nitrogen and oxygen atoms in total. The van der Waals surface area contributed by atoms with Crippen LogP contribution in [0.15, 0.2) is 35.5 Å². The van der Waals surface area contributed by atoms with E-state index in [2.05, 4.69) is 16.3 Å². The van der Waals surface area contributed by atoms with Gasteiger partial charge in [-0.15, -0.1) is 10.2 Å². The molecule has 0 saturated heterocycles. The maximum atomic E-state index is 8.52. The fourth-order valence-corrected chi connectivity index (χ4v) is 1.95. The summed E-state index contributed by atoms with van der Waals surface area (Å²) < 4.78 is 7.43. The van der Waals surface area contributed by atoms with Crippen LogP contribution < -0.4 is 4.74 Å². The van der Waals surface area contributed by atoms with Gasteiger partial charge in [0.15, 0.2) is 11.0 Å². The van der Waals surface area contributed by atoms with Crippen molar-refractivity contribution in [3.8, 4) is 11.8 Å². The number of rotatable bonds is 5. The molecule has 1 aromatic heterocycles. The maximum Gasteiger partial charge on any atom is 0.192 e. The molecular formula is C12H12N4OS. The van der Waals surface area contributed by atoms with Gasteiger partial charge in [0, 0.05) is 7.05 Å². The molecule has 0 amide bonds. The SMILES string of the molecule is Cn1c(COc2ccccc2)nnc1SCC#N. The van der Waals surface area contributed by atoms with Gasteiger partial charge in [0.2, 0.25) is 0 Å². The first-order valence-electron chi connectivity index (χ1n) is 5.37. The molecule has 0 spiro atoms. The van der Waals surface area contributed by atoms with Gasteiger partial charge < -0.3 is 9.30 Å². The van der Waals surface area contributed by atoms with E-state index >= 15 is 0 Å². The molecule has 0 atom stereocenters. The Labute approximate surface area is 109 Å². The molecule has 0 aliphatic rings. The first-order chi connectivity index (χ1) is 8.81. The van der Waals surface area contributed by atoms with Crippen molar-refractivity contribution in [1.82, 2.24) is 14.8 Å². The van der Waals surface area contributed by atoms with Crippen LogP contribution in [0.4, 0.5) is 0 Å². The normalized spacial score (nSPS) is 10.0. The summed E-state index contributed by atoms with van der Waals surface area (Å²) in [6.07, 6.45) is 0. The number of nitrogens with zero attached hydrogens (tertiary/aromatic N) is 4. The van der Waals surface area contributed by atoms with Gasteiger partial charge in [-0.25, -0.2) is 0 Å². The Kier molecular flexibility index (Phi) is 4.20. The van der Waals surface area contributed by atoms with Crippen molar-refractivity contribution in [2.75, 3.05) is 5.75 Å². The van der Waals surface area contributed by atoms with E-state index < -0.39 is 0 Å². The molecule has 0 aliphatic heterocycles. The maximum absolute atomic E-state index is 8.52. The molecular weight excluding hydrogens is 248 g/mol. The number of aromatic nitrogens is 3. The van der Waals surface area contributed by atoms with Crippen molar-refractivity contribution < 1.29 is 4.74 Å². The van der Waals surface area contributed by atoms with Crippen molar-refractivity contribution in [1.29, 1.82) is 5.26 Å². The molecule has 2 aromatic rings. The Morgan fingerprint density at radius 1 is 1.33 bits per heavy atom. The number of ether oxygens (including phenoxy) is 1. The quantitative estimate of drug-likeness (QED) is 0.769. The van der Waals surface area contributed by atoms with Gasteiger partial charge in [0.1, 0.15) is 12.4 Å². The lowest BCUT2D eigenvalue weighted by Gasteiger charge is -2.05.